The van der Waals surface area contributed by atoms with E-state index in [1.807, 2.05) is 6.07 Å². The van der Waals surface area contributed by atoms with Crippen LogP contribution in [-0.4, -0.2) is 31.8 Å². The summed E-state index contributed by atoms with van der Waals surface area (Å²) in [6, 6.07) is 2.10. The zero-order valence-electron chi connectivity index (χ0n) is 12.3. The summed E-state index contributed by atoms with van der Waals surface area (Å²) in [7, 11) is 1.73. The Bertz CT molecular complexity index is 717. The van der Waals surface area contributed by atoms with Crippen LogP contribution < -0.4 is 10.9 Å². The van der Waals surface area contributed by atoms with Gasteiger partial charge in [0.15, 0.2) is 0 Å². The maximum Gasteiger partial charge on any atom is 0.254 e. The Morgan fingerprint density at radius 2 is 2.05 bits per heavy atom. The van der Waals surface area contributed by atoms with Crippen molar-refractivity contribution in [2.75, 3.05) is 5.32 Å². The third kappa shape index (κ3) is 2.76. The number of rotatable bonds is 2. The van der Waals surface area contributed by atoms with Gasteiger partial charge in [-0.05, 0) is 38.7 Å². The van der Waals surface area contributed by atoms with E-state index in [9.17, 15) is 9.90 Å². The SMILES string of the molecule is Cc1cc2cnc(NC3CCC(O)CC3)nc2n(C)c1=O. The first-order chi connectivity index (χ1) is 10.0. The summed E-state index contributed by atoms with van der Waals surface area (Å²) in [4.78, 5) is 20.8. The highest BCUT2D eigenvalue weighted by Gasteiger charge is 2.20. The molecule has 0 amide bonds. The summed E-state index contributed by atoms with van der Waals surface area (Å²) in [6.07, 6.45) is 5.01. The van der Waals surface area contributed by atoms with Crippen molar-refractivity contribution in [3.63, 3.8) is 0 Å². The smallest absolute Gasteiger partial charge is 0.254 e. The summed E-state index contributed by atoms with van der Waals surface area (Å²) >= 11 is 0. The fraction of sp³-hybridized carbons (Fsp3) is 0.533. The largest absolute Gasteiger partial charge is 0.393 e. The number of fused-ring (bicyclic) bond motifs is 1. The average molecular weight is 288 g/mol. The van der Waals surface area contributed by atoms with E-state index in [1.165, 1.54) is 0 Å². The van der Waals surface area contributed by atoms with Crippen LogP contribution in [0.3, 0.4) is 0 Å². The fourth-order valence-electron chi connectivity index (χ4n) is 2.88. The Balaban J connectivity index is 1.89. The number of nitrogens with zero attached hydrogens (tertiary/aromatic N) is 3. The second kappa shape index (κ2) is 5.44. The first-order valence-corrected chi connectivity index (χ1v) is 7.32. The predicted octanol–water partition coefficient (Wildman–Crippen LogP) is 1.35. The summed E-state index contributed by atoms with van der Waals surface area (Å²) in [5.41, 5.74) is 1.29. The maximum absolute atomic E-state index is 12.0. The average Bonchev–Trinajstić information content (AvgIpc) is 2.48. The molecule has 21 heavy (non-hydrogen) atoms. The van der Waals surface area contributed by atoms with Crippen molar-refractivity contribution in [3.05, 3.63) is 28.2 Å². The molecule has 0 spiro atoms. The van der Waals surface area contributed by atoms with Crippen LogP contribution in [0, 0.1) is 6.92 Å². The maximum atomic E-state index is 12.0. The molecule has 0 aromatic carbocycles. The molecule has 0 radical (unpaired) electrons. The minimum absolute atomic E-state index is 0.0343. The minimum atomic E-state index is -0.177. The number of anilines is 1. The van der Waals surface area contributed by atoms with Crippen LogP contribution in [0.4, 0.5) is 5.95 Å². The highest BCUT2D eigenvalue weighted by molar-refractivity contribution is 5.75. The molecule has 112 valence electrons. The molecule has 1 fully saturated rings. The van der Waals surface area contributed by atoms with E-state index in [-0.39, 0.29) is 17.7 Å². The molecule has 2 aromatic rings. The third-order valence-corrected chi connectivity index (χ3v) is 4.16. The number of aromatic nitrogens is 3. The van der Waals surface area contributed by atoms with E-state index in [2.05, 4.69) is 15.3 Å². The number of aryl methyl sites for hydroxylation is 2. The van der Waals surface area contributed by atoms with Crippen LogP contribution in [0.2, 0.25) is 0 Å². The van der Waals surface area contributed by atoms with Gasteiger partial charge in [-0.3, -0.25) is 9.36 Å². The number of nitrogens with one attached hydrogen (secondary N) is 1. The van der Waals surface area contributed by atoms with E-state index in [0.717, 1.165) is 31.1 Å². The molecule has 2 heterocycles. The van der Waals surface area contributed by atoms with Gasteiger partial charge in [0, 0.05) is 30.2 Å². The number of hydrogen-bond acceptors (Lipinski definition) is 5. The Morgan fingerprint density at radius 3 is 2.76 bits per heavy atom. The van der Waals surface area contributed by atoms with Crippen LogP contribution in [0.25, 0.3) is 11.0 Å². The molecule has 0 atom stereocenters. The highest BCUT2D eigenvalue weighted by Crippen LogP contribution is 2.21. The normalized spacial score (nSPS) is 22.4. The summed E-state index contributed by atoms with van der Waals surface area (Å²) in [5, 5.41) is 13.7. The van der Waals surface area contributed by atoms with Gasteiger partial charge < -0.3 is 10.4 Å². The van der Waals surface area contributed by atoms with E-state index >= 15 is 0 Å². The van der Waals surface area contributed by atoms with Crippen LogP contribution >= 0.6 is 0 Å². The van der Waals surface area contributed by atoms with E-state index in [1.54, 1.807) is 24.7 Å². The summed E-state index contributed by atoms with van der Waals surface area (Å²) < 4.78 is 1.56. The molecular weight excluding hydrogens is 268 g/mol. The van der Waals surface area contributed by atoms with Crippen LogP contribution in [0.15, 0.2) is 17.1 Å². The Morgan fingerprint density at radius 1 is 1.33 bits per heavy atom. The van der Waals surface area contributed by atoms with E-state index in [0.29, 0.717) is 17.2 Å². The van der Waals surface area contributed by atoms with E-state index < -0.39 is 0 Å². The van der Waals surface area contributed by atoms with E-state index in [4.69, 9.17) is 0 Å². The second-order valence-corrected chi connectivity index (χ2v) is 5.81. The molecule has 1 saturated carbocycles. The van der Waals surface area contributed by atoms with Gasteiger partial charge in [-0.15, -0.1) is 0 Å². The standard InChI is InChI=1S/C15H20N4O2/c1-9-7-10-8-16-15(18-13(10)19(2)14(9)21)17-11-3-5-12(20)6-4-11/h7-8,11-12,20H,3-6H2,1-2H3,(H,16,17,18). The lowest BCUT2D eigenvalue weighted by Gasteiger charge is -2.26. The lowest BCUT2D eigenvalue weighted by Crippen LogP contribution is -2.29. The highest BCUT2D eigenvalue weighted by atomic mass is 16.3. The molecular formula is C15H20N4O2. The third-order valence-electron chi connectivity index (χ3n) is 4.16. The van der Waals surface area contributed by atoms with Gasteiger partial charge in [-0.2, -0.15) is 4.98 Å². The van der Waals surface area contributed by atoms with Gasteiger partial charge in [-0.25, -0.2) is 4.98 Å². The molecule has 1 aliphatic carbocycles. The molecule has 2 N–H and O–H groups in total. The monoisotopic (exact) mass is 288 g/mol. The lowest BCUT2D eigenvalue weighted by molar-refractivity contribution is 0.126. The first kappa shape index (κ1) is 14.0. The molecule has 6 heteroatoms. The number of aliphatic hydroxyl groups is 1. The van der Waals surface area contributed by atoms with Gasteiger partial charge in [0.1, 0.15) is 5.65 Å². The zero-order chi connectivity index (χ0) is 15.0. The first-order valence-electron chi connectivity index (χ1n) is 7.32. The molecule has 6 nitrogen and oxygen atoms in total. The lowest BCUT2D eigenvalue weighted by atomic mass is 9.93. The fourth-order valence-corrected chi connectivity index (χ4v) is 2.88. The topological polar surface area (TPSA) is 80.0 Å². The quantitative estimate of drug-likeness (QED) is 0.872. The number of hydrogen-bond donors (Lipinski definition) is 2. The van der Waals surface area contributed by atoms with Crippen molar-refractivity contribution in [1.82, 2.24) is 14.5 Å². The summed E-state index contributed by atoms with van der Waals surface area (Å²) in [5.74, 6) is 0.544. The van der Waals surface area contributed by atoms with Crippen molar-refractivity contribution < 1.29 is 5.11 Å². The molecule has 0 saturated heterocycles. The predicted molar refractivity (Wildman–Crippen MR) is 81.4 cm³/mol. The van der Waals surface area contributed by atoms with Gasteiger partial charge in [0.25, 0.3) is 5.56 Å². The van der Waals surface area contributed by atoms with Gasteiger partial charge >= 0.3 is 0 Å². The Labute approximate surface area is 122 Å². The van der Waals surface area contributed by atoms with Gasteiger partial charge in [0.2, 0.25) is 5.95 Å². The Kier molecular flexibility index (Phi) is 3.63. The molecule has 2 aromatic heterocycles. The molecule has 3 rings (SSSR count). The van der Waals surface area contributed by atoms with Crippen molar-refractivity contribution in [2.24, 2.45) is 7.05 Å². The number of aliphatic hydroxyl groups excluding tert-OH is 1. The van der Waals surface area contributed by atoms with Crippen LogP contribution in [0.5, 0.6) is 0 Å². The van der Waals surface area contributed by atoms with Crippen molar-refractivity contribution in [2.45, 2.75) is 44.8 Å². The zero-order valence-corrected chi connectivity index (χ0v) is 12.3. The van der Waals surface area contributed by atoms with Crippen molar-refractivity contribution >= 4 is 17.0 Å². The van der Waals surface area contributed by atoms with Gasteiger partial charge in [0.05, 0.1) is 6.10 Å². The van der Waals surface area contributed by atoms with Crippen molar-refractivity contribution in [3.8, 4) is 0 Å². The number of pyridine rings is 1. The van der Waals surface area contributed by atoms with Gasteiger partial charge in [-0.1, -0.05) is 0 Å². The second-order valence-electron chi connectivity index (χ2n) is 5.81. The summed E-state index contributed by atoms with van der Waals surface area (Å²) in [6.45, 7) is 1.79. The van der Waals surface area contributed by atoms with Crippen LogP contribution in [0.1, 0.15) is 31.2 Å². The van der Waals surface area contributed by atoms with Crippen LogP contribution in [-0.2, 0) is 7.05 Å². The molecule has 1 aliphatic rings. The molecule has 0 bridgehead atoms. The van der Waals surface area contributed by atoms with Crippen molar-refractivity contribution in [1.29, 1.82) is 0 Å². The Hall–Kier alpha value is -1.95. The molecule has 0 unspecified atom stereocenters. The minimum Gasteiger partial charge on any atom is -0.393 e. The molecule has 0 aliphatic heterocycles.